The highest BCUT2D eigenvalue weighted by atomic mass is 35.5. The van der Waals surface area contributed by atoms with Crippen molar-refractivity contribution in [1.29, 1.82) is 0 Å². The van der Waals surface area contributed by atoms with E-state index < -0.39 is 0 Å². The van der Waals surface area contributed by atoms with E-state index in [1.54, 1.807) is 12.1 Å². The highest BCUT2D eigenvalue weighted by molar-refractivity contribution is 6.33. The van der Waals surface area contributed by atoms with Gasteiger partial charge in [-0.05, 0) is 29.8 Å². The number of amides is 1. The van der Waals surface area contributed by atoms with E-state index in [2.05, 4.69) is 15.1 Å². The number of carbonyl (C=O) groups excluding carboxylic acids is 1. The third-order valence-corrected chi connectivity index (χ3v) is 5.43. The number of hydrogen-bond donors (Lipinski definition) is 1. The number of para-hydroxylation sites is 1. The molecule has 0 unspecified atom stereocenters. The van der Waals surface area contributed by atoms with Crippen molar-refractivity contribution < 1.29 is 9.21 Å². The van der Waals surface area contributed by atoms with Gasteiger partial charge in [0.15, 0.2) is 0 Å². The number of carbonyl (C=O) groups is 1. The standard InChI is InChI=1S/C22H22ClN3O3/c1-15(27)24-17-6-7-18-16(12-22(28)29-21(18)13-17)14-25-8-10-26(11-9-25)20-5-3-2-4-19(20)23/h2-7,12-13H,8-11,14H2,1H3,(H,24,27). The molecule has 2 aromatic carbocycles. The van der Waals surface area contributed by atoms with Crippen LogP contribution in [-0.4, -0.2) is 37.0 Å². The van der Waals surface area contributed by atoms with E-state index in [-0.39, 0.29) is 11.5 Å². The molecule has 6 nitrogen and oxygen atoms in total. The summed E-state index contributed by atoms with van der Waals surface area (Å²) in [6.07, 6.45) is 0. The molecule has 1 aliphatic heterocycles. The summed E-state index contributed by atoms with van der Waals surface area (Å²) in [6.45, 7) is 5.59. The van der Waals surface area contributed by atoms with Gasteiger partial charge in [-0.25, -0.2) is 4.79 Å². The Hall–Kier alpha value is -2.83. The molecular formula is C22H22ClN3O3. The van der Waals surface area contributed by atoms with Gasteiger partial charge in [0.05, 0.1) is 10.7 Å². The Kier molecular flexibility index (Phi) is 5.56. The van der Waals surface area contributed by atoms with Gasteiger partial charge in [0.25, 0.3) is 0 Å². The summed E-state index contributed by atoms with van der Waals surface area (Å²) in [5.74, 6) is -0.167. The van der Waals surface area contributed by atoms with Crippen molar-refractivity contribution in [2.24, 2.45) is 0 Å². The second-order valence-corrected chi connectivity index (χ2v) is 7.60. The minimum Gasteiger partial charge on any atom is -0.423 e. The molecule has 7 heteroatoms. The summed E-state index contributed by atoms with van der Waals surface area (Å²) in [5, 5.41) is 4.36. The summed E-state index contributed by atoms with van der Waals surface area (Å²) in [4.78, 5) is 27.9. The number of nitrogens with zero attached hydrogens (tertiary/aromatic N) is 2. The number of fused-ring (bicyclic) bond motifs is 1. The molecule has 1 fully saturated rings. The molecule has 1 N–H and O–H groups in total. The molecule has 4 rings (SSSR count). The first-order valence-electron chi connectivity index (χ1n) is 9.56. The van der Waals surface area contributed by atoms with E-state index in [0.717, 1.165) is 47.8 Å². The van der Waals surface area contributed by atoms with Gasteiger partial charge >= 0.3 is 5.63 Å². The normalized spacial score (nSPS) is 14.9. The summed E-state index contributed by atoms with van der Waals surface area (Å²) in [7, 11) is 0. The quantitative estimate of drug-likeness (QED) is 0.663. The van der Waals surface area contributed by atoms with Crippen LogP contribution in [0.25, 0.3) is 11.0 Å². The topological polar surface area (TPSA) is 65.8 Å². The molecule has 1 amide bonds. The summed E-state index contributed by atoms with van der Waals surface area (Å²) >= 11 is 6.32. The molecule has 0 radical (unpaired) electrons. The molecule has 2 heterocycles. The first kappa shape index (κ1) is 19.5. The predicted octanol–water partition coefficient (Wildman–Crippen LogP) is 3.73. The smallest absolute Gasteiger partial charge is 0.336 e. The maximum atomic E-state index is 12.1. The van der Waals surface area contributed by atoms with E-state index in [9.17, 15) is 9.59 Å². The molecule has 0 spiro atoms. The van der Waals surface area contributed by atoms with Gasteiger partial charge < -0.3 is 14.6 Å². The van der Waals surface area contributed by atoms with Crippen LogP contribution in [0.5, 0.6) is 0 Å². The van der Waals surface area contributed by atoms with Crippen LogP contribution in [0.1, 0.15) is 12.5 Å². The fourth-order valence-corrected chi connectivity index (χ4v) is 3.99. The van der Waals surface area contributed by atoms with Crippen LogP contribution < -0.4 is 15.8 Å². The van der Waals surface area contributed by atoms with Gasteiger partial charge in [0.2, 0.25) is 5.91 Å². The van der Waals surface area contributed by atoms with Crippen molar-refractivity contribution in [1.82, 2.24) is 4.90 Å². The monoisotopic (exact) mass is 411 g/mol. The van der Waals surface area contributed by atoms with E-state index in [0.29, 0.717) is 17.8 Å². The van der Waals surface area contributed by atoms with Gasteiger partial charge in [0, 0.05) is 62.9 Å². The van der Waals surface area contributed by atoms with E-state index in [4.69, 9.17) is 16.0 Å². The van der Waals surface area contributed by atoms with Crippen molar-refractivity contribution in [3.63, 3.8) is 0 Å². The average Bonchev–Trinajstić information content (AvgIpc) is 2.68. The maximum Gasteiger partial charge on any atom is 0.336 e. The Morgan fingerprint density at radius 1 is 1.10 bits per heavy atom. The molecule has 1 saturated heterocycles. The van der Waals surface area contributed by atoms with E-state index in [1.807, 2.05) is 36.4 Å². The Morgan fingerprint density at radius 3 is 2.59 bits per heavy atom. The third kappa shape index (κ3) is 4.44. The fourth-order valence-electron chi connectivity index (χ4n) is 3.74. The lowest BCUT2D eigenvalue weighted by atomic mass is 10.1. The Labute approximate surface area is 173 Å². The van der Waals surface area contributed by atoms with Gasteiger partial charge in [-0.1, -0.05) is 23.7 Å². The number of hydrogen-bond acceptors (Lipinski definition) is 5. The zero-order chi connectivity index (χ0) is 20.4. The van der Waals surface area contributed by atoms with Gasteiger partial charge in [-0.2, -0.15) is 0 Å². The molecule has 29 heavy (non-hydrogen) atoms. The van der Waals surface area contributed by atoms with Crippen LogP contribution in [0.4, 0.5) is 11.4 Å². The average molecular weight is 412 g/mol. The molecular weight excluding hydrogens is 390 g/mol. The predicted molar refractivity (Wildman–Crippen MR) is 116 cm³/mol. The molecule has 3 aromatic rings. The van der Waals surface area contributed by atoms with Crippen molar-refractivity contribution in [3.05, 3.63) is 69.5 Å². The molecule has 150 valence electrons. The zero-order valence-corrected chi connectivity index (χ0v) is 16.9. The third-order valence-electron chi connectivity index (χ3n) is 5.11. The van der Waals surface area contributed by atoms with Crippen LogP contribution in [0.15, 0.2) is 57.7 Å². The van der Waals surface area contributed by atoms with Crippen LogP contribution in [0, 0.1) is 0 Å². The van der Waals surface area contributed by atoms with Crippen LogP contribution in [-0.2, 0) is 11.3 Å². The highest BCUT2D eigenvalue weighted by Crippen LogP contribution is 2.27. The Morgan fingerprint density at radius 2 is 1.86 bits per heavy atom. The molecule has 0 saturated carbocycles. The van der Waals surface area contributed by atoms with Crippen LogP contribution in [0.2, 0.25) is 5.02 Å². The molecule has 0 aliphatic carbocycles. The Balaban J connectivity index is 1.50. The van der Waals surface area contributed by atoms with Crippen LogP contribution >= 0.6 is 11.6 Å². The lowest BCUT2D eigenvalue weighted by Crippen LogP contribution is -2.46. The number of nitrogens with one attached hydrogen (secondary N) is 1. The number of halogens is 1. The van der Waals surface area contributed by atoms with Gasteiger partial charge in [-0.15, -0.1) is 0 Å². The maximum absolute atomic E-state index is 12.1. The van der Waals surface area contributed by atoms with Crippen molar-refractivity contribution in [2.45, 2.75) is 13.5 Å². The summed E-state index contributed by atoms with van der Waals surface area (Å²) < 4.78 is 5.35. The molecule has 0 bridgehead atoms. The van der Waals surface area contributed by atoms with Crippen molar-refractivity contribution in [3.8, 4) is 0 Å². The second kappa shape index (κ2) is 8.27. The van der Waals surface area contributed by atoms with E-state index >= 15 is 0 Å². The minimum absolute atomic E-state index is 0.167. The molecule has 0 atom stereocenters. The number of piperazine rings is 1. The first-order chi connectivity index (χ1) is 14.0. The molecule has 1 aliphatic rings. The fraction of sp³-hybridized carbons (Fsp3) is 0.273. The lowest BCUT2D eigenvalue weighted by molar-refractivity contribution is -0.114. The number of rotatable bonds is 4. The number of benzene rings is 2. The lowest BCUT2D eigenvalue weighted by Gasteiger charge is -2.36. The largest absolute Gasteiger partial charge is 0.423 e. The molecule has 1 aromatic heterocycles. The van der Waals surface area contributed by atoms with Crippen molar-refractivity contribution >= 4 is 39.9 Å². The first-order valence-corrected chi connectivity index (χ1v) is 9.93. The van der Waals surface area contributed by atoms with Gasteiger partial charge in [-0.3, -0.25) is 9.69 Å². The SMILES string of the molecule is CC(=O)Nc1ccc2c(CN3CCN(c4ccccc4Cl)CC3)cc(=O)oc2c1. The van der Waals surface area contributed by atoms with Gasteiger partial charge in [0.1, 0.15) is 5.58 Å². The summed E-state index contributed by atoms with van der Waals surface area (Å²) in [5.41, 5.74) is 2.69. The van der Waals surface area contributed by atoms with E-state index in [1.165, 1.54) is 6.92 Å². The minimum atomic E-state index is -0.387. The highest BCUT2D eigenvalue weighted by Gasteiger charge is 2.20. The second-order valence-electron chi connectivity index (χ2n) is 7.20. The number of anilines is 2. The summed E-state index contributed by atoms with van der Waals surface area (Å²) in [6, 6.07) is 14.8. The Bertz CT molecular complexity index is 1100. The van der Waals surface area contributed by atoms with Crippen LogP contribution in [0.3, 0.4) is 0 Å². The van der Waals surface area contributed by atoms with Crippen molar-refractivity contribution in [2.75, 3.05) is 36.4 Å². The zero-order valence-electron chi connectivity index (χ0n) is 16.2.